The smallest absolute Gasteiger partial charge is 0.243 e. The van der Waals surface area contributed by atoms with Crippen LogP contribution in [0.5, 0.6) is 0 Å². The van der Waals surface area contributed by atoms with Gasteiger partial charge in [-0.25, -0.2) is 17.5 Å². The lowest BCUT2D eigenvalue weighted by Crippen LogP contribution is -2.41. The molecule has 0 aliphatic carbocycles. The topological polar surface area (TPSA) is 61.9 Å². The molecule has 0 aromatic heterocycles. The summed E-state index contributed by atoms with van der Waals surface area (Å²) in [5, 5.41) is 0. The summed E-state index contributed by atoms with van der Waals surface area (Å²) in [4.78, 5) is 4.49. The van der Waals surface area contributed by atoms with E-state index in [4.69, 9.17) is 4.74 Å². The van der Waals surface area contributed by atoms with Gasteiger partial charge in [0.05, 0.1) is 13.2 Å². The second-order valence-electron chi connectivity index (χ2n) is 6.69. The predicted octanol–water partition coefficient (Wildman–Crippen LogP) is 0.758. The van der Waals surface area contributed by atoms with Crippen LogP contribution < -0.4 is 4.72 Å². The summed E-state index contributed by atoms with van der Waals surface area (Å²) in [7, 11) is -3.79. The molecule has 1 aromatic carbocycles. The third kappa shape index (κ3) is 5.21. The Morgan fingerprint density at radius 2 is 1.84 bits per heavy atom. The number of nitrogens with zero attached hydrogens (tertiary/aromatic N) is 2. The average molecular weight is 371 g/mol. The highest BCUT2D eigenvalue weighted by Gasteiger charge is 2.26. The number of likely N-dealkylation sites (tertiary alicyclic amines) is 1. The Morgan fingerprint density at radius 3 is 2.60 bits per heavy atom. The Morgan fingerprint density at radius 1 is 1.12 bits per heavy atom. The highest BCUT2D eigenvalue weighted by molar-refractivity contribution is 7.89. The number of hydrogen-bond acceptors (Lipinski definition) is 5. The van der Waals surface area contributed by atoms with Gasteiger partial charge < -0.3 is 9.64 Å². The van der Waals surface area contributed by atoms with Crippen LogP contribution in [0.15, 0.2) is 29.2 Å². The first kappa shape index (κ1) is 18.7. The third-order valence-electron chi connectivity index (χ3n) is 4.89. The van der Waals surface area contributed by atoms with Crippen LogP contribution in [-0.2, 0) is 14.8 Å². The monoisotopic (exact) mass is 371 g/mol. The largest absolute Gasteiger partial charge is 0.379 e. The van der Waals surface area contributed by atoms with Gasteiger partial charge in [0, 0.05) is 39.3 Å². The van der Waals surface area contributed by atoms with Crippen LogP contribution in [0.3, 0.4) is 0 Å². The second kappa shape index (κ2) is 8.55. The number of nitrogens with one attached hydrogen (secondary N) is 1. The molecule has 2 aliphatic heterocycles. The van der Waals surface area contributed by atoms with Crippen molar-refractivity contribution in [3.63, 3.8) is 0 Å². The lowest BCUT2D eigenvalue weighted by molar-refractivity contribution is 0.0343. The molecular weight excluding hydrogens is 345 g/mol. The molecule has 0 bridgehead atoms. The molecule has 1 aromatic rings. The van der Waals surface area contributed by atoms with Crippen LogP contribution in [0.1, 0.15) is 6.42 Å². The Labute approximate surface area is 149 Å². The van der Waals surface area contributed by atoms with Gasteiger partial charge in [-0.2, -0.15) is 0 Å². The number of ether oxygens (including phenoxy) is 1. The summed E-state index contributed by atoms with van der Waals surface area (Å²) in [6, 6.07) is 5.47. The molecule has 0 spiro atoms. The van der Waals surface area contributed by atoms with Crippen LogP contribution in [0.2, 0.25) is 0 Å². The Hall–Kier alpha value is -1.06. The van der Waals surface area contributed by atoms with E-state index in [0.717, 1.165) is 65.0 Å². The molecule has 25 heavy (non-hydrogen) atoms. The standard InChI is InChI=1S/C17H26FN3O3S/c18-16-3-1-2-4-17(16)25(22,23)19-13-15-5-6-21(14-15)8-7-20-9-11-24-12-10-20/h1-4,15,19H,5-14H2/t15-/m1/s1. The van der Waals surface area contributed by atoms with Crippen molar-refractivity contribution < 1.29 is 17.5 Å². The normalized spacial score (nSPS) is 23.2. The van der Waals surface area contributed by atoms with Crippen molar-refractivity contribution in [3.05, 3.63) is 30.1 Å². The zero-order chi connectivity index (χ0) is 17.7. The van der Waals surface area contributed by atoms with E-state index in [1.165, 1.54) is 18.2 Å². The van der Waals surface area contributed by atoms with E-state index in [0.29, 0.717) is 6.54 Å². The van der Waals surface area contributed by atoms with Gasteiger partial charge in [-0.15, -0.1) is 0 Å². The van der Waals surface area contributed by atoms with Crippen molar-refractivity contribution in [2.45, 2.75) is 11.3 Å². The summed E-state index contributed by atoms with van der Waals surface area (Å²) in [6.07, 6.45) is 0.961. The molecule has 0 unspecified atom stereocenters. The maximum atomic E-state index is 13.7. The quantitative estimate of drug-likeness (QED) is 0.767. The third-order valence-corrected chi connectivity index (χ3v) is 6.35. The van der Waals surface area contributed by atoms with Gasteiger partial charge in [0.2, 0.25) is 10.0 Å². The Balaban J connectivity index is 1.43. The van der Waals surface area contributed by atoms with Crippen molar-refractivity contribution in [3.8, 4) is 0 Å². The summed E-state index contributed by atoms with van der Waals surface area (Å²) in [5.74, 6) is -0.445. The van der Waals surface area contributed by atoms with Crippen molar-refractivity contribution in [2.75, 3.05) is 59.0 Å². The van der Waals surface area contributed by atoms with E-state index >= 15 is 0 Å². The molecule has 2 heterocycles. The molecule has 0 saturated carbocycles. The van der Waals surface area contributed by atoms with Gasteiger partial charge in [0.25, 0.3) is 0 Å². The van der Waals surface area contributed by atoms with Gasteiger partial charge in [-0.3, -0.25) is 4.90 Å². The maximum Gasteiger partial charge on any atom is 0.243 e. The molecule has 140 valence electrons. The number of hydrogen-bond donors (Lipinski definition) is 1. The lowest BCUT2D eigenvalue weighted by atomic mass is 10.1. The zero-order valence-corrected chi connectivity index (χ0v) is 15.2. The van der Waals surface area contributed by atoms with Crippen molar-refractivity contribution in [1.29, 1.82) is 0 Å². The average Bonchev–Trinajstić information content (AvgIpc) is 3.07. The number of rotatable bonds is 7. The maximum absolute atomic E-state index is 13.7. The summed E-state index contributed by atoms with van der Waals surface area (Å²) in [6.45, 7) is 7.82. The first-order valence-electron chi connectivity index (χ1n) is 8.81. The fourth-order valence-electron chi connectivity index (χ4n) is 3.36. The Bertz CT molecular complexity index is 665. The first-order chi connectivity index (χ1) is 12.0. The predicted molar refractivity (Wildman–Crippen MR) is 93.4 cm³/mol. The van der Waals surface area contributed by atoms with Crippen LogP contribution in [0.4, 0.5) is 4.39 Å². The molecule has 8 heteroatoms. The molecule has 2 fully saturated rings. The number of morpholine rings is 1. The molecule has 0 amide bonds. The van der Waals surface area contributed by atoms with Gasteiger partial charge >= 0.3 is 0 Å². The number of sulfonamides is 1. The minimum atomic E-state index is -3.79. The SMILES string of the molecule is O=S(=O)(NC[C@H]1CCN(CCN2CCOCC2)C1)c1ccccc1F. The van der Waals surface area contributed by atoms with Gasteiger partial charge in [-0.05, 0) is 31.0 Å². The van der Waals surface area contributed by atoms with E-state index in [-0.39, 0.29) is 10.8 Å². The highest BCUT2D eigenvalue weighted by atomic mass is 32.2. The summed E-state index contributed by atoms with van der Waals surface area (Å²) in [5.41, 5.74) is 0. The Kier molecular flexibility index (Phi) is 6.40. The highest BCUT2D eigenvalue weighted by Crippen LogP contribution is 2.18. The fraction of sp³-hybridized carbons (Fsp3) is 0.647. The van der Waals surface area contributed by atoms with E-state index in [1.807, 2.05) is 0 Å². The van der Waals surface area contributed by atoms with Crippen LogP contribution in [-0.4, -0.2) is 77.2 Å². The van der Waals surface area contributed by atoms with Gasteiger partial charge in [0.15, 0.2) is 0 Å². The summed E-state index contributed by atoms with van der Waals surface area (Å²) >= 11 is 0. The molecule has 1 atom stereocenters. The minimum Gasteiger partial charge on any atom is -0.379 e. The number of halogens is 1. The second-order valence-corrected chi connectivity index (χ2v) is 8.43. The van der Waals surface area contributed by atoms with E-state index < -0.39 is 15.8 Å². The van der Waals surface area contributed by atoms with Crippen LogP contribution in [0, 0.1) is 11.7 Å². The number of benzene rings is 1. The minimum absolute atomic E-state index is 0.270. The molecule has 2 saturated heterocycles. The van der Waals surface area contributed by atoms with Crippen molar-refractivity contribution >= 4 is 10.0 Å². The van der Waals surface area contributed by atoms with Gasteiger partial charge in [0.1, 0.15) is 10.7 Å². The molecule has 1 N–H and O–H groups in total. The van der Waals surface area contributed by atoms with E-state index in [9.17, 15) is 12.8 Å². The first-order valence-corrected chi connectivity index (χ1v) is 10.3. The summed E-state index contributed by atoms with van der Waals surface area (Å²) < 4.78 is 46.1. The molecular formula is C17H26FN3O3S. The molecule has 0 radical (unpaired) electrons. The molecule has 2 aliphatic rings. The van der Waals surface area contributed by atoms with E-state index in [2.05, 4.69) is 14.5 Å². The molecule has 3 rings (SSSR count). The van der Waals surface area contributed by atoms with Crippen LogP contribution >= 0.6 is 0 Å². The zero-order valence-electron chi connectivity index (χ0n) is 14.4. The molecule has 6 nitrogen and oxygen atoms in total. The van der Waals surface area contributed by atoms with Crippen LogP contribution in [0.25, 0.3) is 0 Å². The van der Waals surface area contributed by atoms with Crippen molar-refractivity contribution in [2.24, 2.45) is 5.92 Å². The fourth-order valence-corrected chi connectivity index (χ4v) is 4.55. The van der Waals surface area contributed by atoms with E-state index in [1.54, 1.807) is 0 Å². The lowest BCUT2D eigenvalue weighted by Gasteiger charge is -2.28. The van der Waals surface area contributed by atoms with Crippen molar-refractivity contribution in [1.82, 2.24) is 14.5 Å². The van der Waals surface area contributed by atoms with Gasteiger partial charge in [-0.1, -0.05) is 12.1 Å².